The van der Waals surface area contributed by atoms with Crippen molar-refractivity contribution in [1.29, 1.82) is 0 Å². The zero-order valence-corrected chi connectivity index (χ0v) is 11.6. The Hall–Kier alpha value is -1.71. The second-order valence-corrected chi connectivity index (χ2v) is 5.39. The molecule has 0 amide bonds. The summed E-state index contributed by atoms with van der Waals surface area (Å²) in [6.45, 7) is 0. The minimum Gasteiger partial charge on any atom is -0.303 e. The third kappa shape index (κ3) is 4.76. The van der Waals surface area contributed by atoms with Gasteiger partial charge in [0.2, 0.25) is 0 Å². The van der Waals surface area contributed by atoms with E-state index in [0.717, 1.165) is 5.56 Å². The van der Waals surface area contributed by atoms with Gasteiger partial charge in [0, 0.05) is 0 Å². The molecule has 0 spiro atoms. The summed E-state index contributed by atoms with van der Waals surface area (Å²) in [5.41, 5.74) is 1.62. The van der Waals surface area contributed by atoms with Crippen molar-refractivity contribution in [2.75, 3.05) is 0 Å². The van der Waals surface area contributed by atoms with Crippen molar-refractivity contribution in [2.24, 2.45) is 0 Å². The summed E-state index contributed by atoms with van der Waals surface area (Å²) in [5.74, 6) is 0. The van der Waals surface area contributed by atoms with Gasteiger partial charge in [0.05, 0.1) is 0 Å². The first kappa shape index (κ1) is 14.7. The molecule has 0 aliphatic rings. The van der Waals surface area contributed by atoms with Crippen LogP contribution in [0.4, 0.5) is 0 Å². The van der Waals surface area contributed by atoms with Gasteiger partial charge < -0.3 is 9.79 Å². The molecule has 0 radical (unpaired) electrons. The number of benzene rings is 2. The van der Waals surface area contributed by atoms with Crippen LogP contribution in [0, 0.1) is 0 Å². The monoisotopic (exact) mass is 290 g/mol. The van der Waals surface area contributed by atoms with E-state index in [0.29, 0.717) is 5.56 Å². The van der Waals surface area contributed by atoms with Gasteiger partial charge in [0.15, 0.2) is 0 Å². The molecule has 0 aliphatic heterocycles. The van der Waals surface area contributed by atoms with Crippen molar-refractivity contribution in [3.63, 3.8) is 0 Å². The molecule has 1 atom stereocenters. The van der Waals surface area contributed by atoms with Crippen LogP contribution in [0.5, 0.6) is 0 Å². The SMILES string of the molecule is O=P(O)(O)OC(/C=C/c1ccccc1)c1ccccc1. The molecule has 0 fully saturated rings. The summed E-state index contributed by atoms with van der Waals surface area (Å²) in [5, 5.41) is 0. The fourth-order valence-corrected chi connectivity index (χ4v) is 2.25. The van der Waals surface area contributed by atoms with Gasteiger partial charge >= 0.3 is 7.82 Å². The van der Waals surface area contributed by atoms with Crippen molar-refractivity contribution in [2.45, 2.75) is 6.10 Å². The van der Waals surface area contributed by atoms with Crippen molar-refractivity contribution in [3.05, 3.63) is 77.9 Å². The molecule has 4 nitrogen and oxygen atoms in total. The molecule has 2 rings (SSSR count). The first-order chi connectivity index (χ1) is 9.54. The largest absolute Gasteiger partial charge is 0.470 e. The highest BCUT2D eigenvalue weighted by Crippen LogP contribution is 2.42. The minimum atomic E-state index is -4.56. The molecule has 0 heterocycles. The van der Waals surface area contributed by atoms with E-state index in [4.69, 9.17) is 14.3 Å². The Morgan fingerprint density at radius 1 is 0.950 bits per heavy atom. The fourth-order valence-electron chi connectivity index (χ4n) is 1.76. The van der Waals surface area contributed by atoms with Gasteiger partial charge in [-0.25, -0.2) is 4.57 Å². The van der Waals surface area contributed by atoms with Crippen molar-refractivity contribution in [3.8, 4) is 0 Å². The highest BCUT2D eigenvalue weighted by atomic mass is 31.2. The molecule has 20 heavy (non-hydrogen) atoms. The highest BCUT2D eigenvalue weighted by Gasteiger charge is 2.21. The van der Waals surface area contributed by atoms with Gasteiger partial charge in [-0.15, -0.1) is 0 Å². The second kappa shape index (κ2) is 6.64. The van der Waals surface area contributed by atoms with Crippen LogP contribution in [-0.4, -0.2) is 9.79 Å². The molecule has 0 aliphatic carbocycles. The van der Waals surface area contributed by atoms with Crippen molar-refractivity contribution in [1.82, 2.24) is 0 Å². The molecule has 2 aromatic rings. The van der Waals surface area contributed by atoms with Crippen LogP contribution >= 0.6 is 7.82 Å². The van der Waals surface area contributed by atoms with Gasteiger partial charge in [-0.2, -0.15) is 0 Å². The smallest absolute Gasteiger partial charge is 0.303 e. The van der Waals surface area contributed by atoms with E-state index in [1.54, 1.807) is 36.4 Å². The maximum atomic E-state index is 11.1. The number of rotatable bonds is 5. The Morgan fingerprint density at radius 2 is 1.50 bits per heavy atom. The molecule has 5 heteroatoms. The number of hydrogen-bond acceptors (Lipinski definition) is 2. The summed E-state index contributed by atoms with van der Waals surface area (Å²) in [6, 6.07) is 18.4. The fraction of sp³-hybridized carbons (Fsp3) is 0.0667. The van der Waals surface area contributed by atoms with E-state index in [-0.39, 0.29) is 0 Å². The summed E-state index contributed by atoms with van der Waals surface area (Å²) in [7, 11) is -4.56. The standard InChI is InChI=1S/C15H15O4P/c16-20(17,18)19-15(14-9-5-2-6-10-14)12-11-13-7-3-1-4-8-13/h1-12,15H,(H2,16,17,18)/b12-11+. The maximum absolute atomic E-state index is 11.1. The van der Waals surface area contributed by atoms with Gasteiger partial charge in [-0.3, -0.25) is 4.52 Å². The lowest BCUT2D eigenvalue weighted by atomic mass is 10.1. The van der Waals surface area contributed by atoms with Crippen LogP contribution < -0.4 is 0 Å². The normalized spacial score (nSPS) is 13.5. The average molecular weight is 290 g/mol. The molecule has 0 bridgehead atoms. The summed E-state index contributed by atoms with van der Waals surface area (Å²) < 4.78 is 15.9. The van der Waals surface area contributed by atoms with E-state index in [1.165, 1.54) is 0 Å². The molecule has 0 saturated carbocycles. The van der Waals surface area contributed by atoms with E-state index in [2.05, 4.69) is 0 Å². The molecule has 2 N–H and O–H groups in total. The van der Waals surface area contributed by atoms with E-state index in [1.807, 2.05) is 36.4 Å². The first-order valence-corrected chi connectivity index (χ1v) is 7.60. The molecule has 0 aromatic heterocycles. The third-order valence-electron chi connectivity index (χ3n) is 2.64. The van der Waals surface area contributed by atoms with Crippen LogP contribution in [0.15, 0.2) is 66.7 Å². The lowest BCUT2D eigenvalue weighted by Crippen LogP contribution is -1.99. The second-order valence-electron chi connectivity index (χ2n) is 4.20. The summed E-state index contributed by atoms with van der Waals surface area (Å²) >= 11 is 0. The van der Waals surface area contributed by atoms with Gasteiger partial charge in [-0.1, -0.05) is 72.8 Å². The molecule has 0 saturated heterocycles. The third-order valence-corrected chi connectivity index (χ3v) is 3.14. The predicted octanol–water partition coefficient (Wildman–Crippen LogP) is 3.55. The van der Waals surface area contributed by atoms with Crippen LogP contribution in [0.25, 0.3) is 6.08 Å². The Bertz CT molecular complexity index is 604. The van der Waals surface area contributed by atoms with Crippen molar-refractivity contribution >= 4 is 13.9 Å². The quantitative estimate of drug-likeness (QED) is 0.826. The maximum Gasteiger partial charge on any atom is 0.470 e. The first-order valence-electron chi connectivity index (χ1n) is 6.07. The molecule has 1 unspecified atom stereocenters. The topological polar surface area (TPSA) is 66.8 Å². The van der Waals surface area contributed by atoms with E-state index in [9.17, 15) is 4.57 Å². The van der Waals surface area contributed by atoms with Gasteiger partial charge in [-0.05, 0) is 11.1 Å². The minimum absolute atomic E-state index is 0.683. The lowest BCUT2D eigenvalue weighted by molar-refractivity contribution is 0.163. The van der Waals surface area contributed by atoms with Crippen LogP contribution in [-0.2, 0) is 9.09 Å². The lowest BCUT2D eigenvalue weighted by Gasteiger charge is -2.15. The average Bonchev–Trinajstić information content (AvgIpc) is 2.44. The van der Waals surface area contributed by atoms with Crippen LogP contribution in [0.1, 0.15) is 17.2 Å². The van der Waals surface area contributed by atoms with Crippen LogP contribution in [0.3, 0.4) is 0 Å². The van der Waals surface area contributed by atoms with Crippen LogP contribution in [0.2, 0.25) is 0 Å². The summed E-state index contributed by atoms with van der Waals surface area (Å²) in [4.78, 5) is 18.0. The van der Waals surface area contributed by atoms with E-state index >= 15 is 0 Å². The number of phosphoric ester groups is 1. The zero-order valence-electron chi connectivity index (χ0n) is 10.7. The molecule has 2 aromatic carbocycles. The predicted molar refractivity (Wildman–Crippen MR) is 77.8 cm³/mol. The van der Waals surface area contributed by atoms with Gasteiger partial charge in [0.25, 0.3) is 0 Å². The Morgan fingerprint density at radius 3 is 2.05 bits per heavy atom. The molecule has 104 valence electrons. The Kier molecular flexibility index (Phi) is 4.88. The van der Waals surface area contributed by atoms with Crippen molar-refractivity contribution < 1.29 is 18.9 Å². The number of phosphoric acid groups is 1. The highest BCUT2D eigenvalue weighted by molar-refractivity contribution is 7.46. The van der Waals surface area contributed by atoms with Gasteiger partial charge in [0.1, 0.15) is 6.10 Å². The zero-order chi connectivity index (χ0) is 14.4. The van der Waals surface area contributed by atoms with E-state index < -0.39 is 13.9 Å². The Balaban J connectivity index is 2.24. The number of hydrogen-bond donors (Lipinski definition) is 2. The molecular formula is C15H15O4P. The molecular weight excluding hydrogens is 275 g/mol. The summed E-state index contributed by atoms with van der Waals surface area (Å²) in [6.07, 6.45) is 2.61. The Labute approximate surface area is 117 Å².